The number of halogens is 1. The summed E-state index contributed by atoms with van der Waals surface area (Å²) in [7, 11) is -2.03. The van der Waals surface area contributed by atoms with Gasteiger partial charge in [-0.15, -0.1) is 24.0 Å². The first-order chi connectivity index (χ1) is 14.9. The van der Waals surface area contributed by atoms with Crippen LogP contribution in [0.4, 0.5) is 0 Å². The molecule has 0 spiro atoms. The third-order valence-corrected chi connectivity index (χ3v) is 5.43. The number of aliphatic imine (C=N–C) groups is 1. The van der Waals surface area contributed by atoms with E-state index in [2.05, 4.69) is 15.6 Å². The van der Waals surface area contributed by atoms with E-state index in [1.807, 2.05) is 31.2 Å². The van der Waals surface area contributed by atoms with Crippen LogP contribution < -0.4 is 20.5 Å². The molecule has 178 valence electrons. The van der Waals surface area contributed by atoms with Gasteiger partial charge in [0.2, 0.25) is 10.0 Å². The fourth-order valence-corrected chi connectivity index (χ4v) is 3.29. The summed E-state index contributed by atoms with van der Waals surface area (Å²) in [5.74, 6) is 1.53. The summed E-state index contributed by atoms with van der Waals surface area (Å²) in [6, 6.07) is 14.4. The molecule has 0 atom stereocenters. The zero-order valence-corrected chi connectivity index (χ0v) is 21.7. The molecule has 0 amide bonds. The van der Waals surface area contributed by atoms with Gasteiger partial charge < -0.3 is 20.1 Å². The second kappa shape index (κ2) is 15.0. The number of nitrogens with zero attached hydrogens (tertiary/aromatic N) is 1. The first kappa shape index (κ1) is 28.1. The van der Waals surface area contributed by atoms with Crippen molar-refractivity contribution in [2.75, 3.05) is 33.4 Å². The molecule has 0 aliphatic carbocycles. The van der Waals surface area contributed by atoms with Gasteiger partial charge in [-0.2, -0.15) is 0 Å². The molecule has 0 aliphatic rings. The highest BCUT2D eigenvalue weighted by atomic mass is 127. The van der Waals surface area contributed by atoms with Gasteiger partial charge in [-0.05, 0) is 55.2 Å². The molecule has 2 aromatic rings. The SMILES string of the molecule is CCOCCCNC(=NCc1ccc(OC)cc1)NCCc1ccc(S(N)(=O)=O)cc1.I. The molecule has 2 rings (SSSR count). The number of methoxy groups -OCH3 is 1. The van der Waals surface area contributed by atoms with E-state index in [1.54, 1.807) is 19.2 Å². The Labute approximate surface area is 208 Å². The topological polar surface area (TPSA) is 115 Å². The molecule has 0 saturated heterocycles. The number of nitrogens with one attached hydrogen (secondary N) is 2. The number of guanidine groups is 1. The predicted octanol–water partition coefficient (Wildman–Crippen LogP) is 2.67. The van der Waals surface area contributed by atoms with Crippen LogP contribution in [-0.2, 0) is 27.7 Å². The molecule has 0 unspecified atom stereocenters. The molecule has 0 radical (unpaired) electrons. The minimum absolute atomic E-state index is 0. The standard InChI is InChI=1S/C22H32N4O4S.HI/c1-3-30-16-4-14-24-22(26-17-19-5-9-20(29-2)10-6-19)25-15-13-18-7-11-21(12-8-18)31(23,27)28;/h5-12H,3-4,13-17H2,1-2H3,(H2,23,27,28)(H2,24,25,26);1H. The lowest BCUT2D eigenvalue weighted by atomic mass is 10.1. The smallest absolute Gasteiger partial charge is 0.238 e. The Morgan fingerprint density at radius 1 is 1.00 bits per heavy atom. The molecule has 0 aromatic heterocycles. The fraction of sp³-hybridized carbons (Fsp3) is 0.409. The highest BCUT2D eigenvalue weighted by molar-refractivity contribution is 14.0. The minimum atomic E-state index is -3.67. The van der Waals surface area contributed by atoms with Crippen LogP contribution in [0.5, 0.6) is 5.75 Å². The predicted molar refractivity (Wildman–Crippen MR) is 138 cm³/mol. The molecular formula is C22H33IN4O4S. The number of rotatable bonds is 12. The van der Waals surface area contributed by atoms with Crippen molar-refractivity contribution < 1.29 is 17.9 Å². The van der Waals surface area contributed by atoms with E-state index in [-0.39, 0.29) is 28.9 Å². The summed E-state index contributed by atoms with van der Waals surface area (Å²) >= 11 is 0. The van der Waals surface area contributed by atoms with E-state index >= 15 is 0 Å². The molecule has 0 heterocycles. The van der Waals surface area contributed by atoms with Crippen molar-refractivity contribution in [2.24, 2.45) is 10.1 Å². The Kier molecular flexibility index (Phi) is 13.2. The van der Waals surface area contributed by atoms with Crippen molar-refractivity contribution in [3.63, 3.8) is 0 Å². The molecule has 0 fully saturated rings. The molecule has 8 nitrogen and oxygen atoms in total. The van der Waals surface area contributed by atoms with Gasteiger partial charge in [-0.25, -0.2) is 18.5 Å². The largest absolute Gasteiger partial charge is 0.497 e. The molecule has 32 heavy (non-hydrogen) atoms. The van der Waals surface area contributed by atoms with Gasteiger partial charge in [0.05, 0.1) is 18.6 Å². The molecule has 2 aromatic carbocycles. The van der Waals surface area contributed by atoms with Crippen LogP contribution in [0.25, 0.3) is 0 Å². The Morgan fingerprint density at radius 3 is 2.22 bits per heavy atom. The Bertz CT molecular complexity index is 920. The van der Waals surface area contributed by atoms with E-state index in [9.17, 15) is 8.42 Å². The summed E-state index contributed by atoms with van der Waals surface area (Å²) in [5.41, 5.74) is 2.08. The summed E-state index contributed by atoms with van der Waals surface area (Å²) in [6.45, 7) is 5.32. The maximum atomic E-state index is 11.4. The maximum Gasteiger partial charge on any atom is 0.238 e. The number of nitrogens with two attached hydrogens (primary N) is 1. The second-order valence-corrected chi connectivity index (χ2v) is 8.42. The molecule has 0 saturated carbocycles. The van der Waals surface area contributed by atoms with Crippen LogP contribution in [0.1, 0.15) is 24.5 Å². The van der Waals surface area contributed by atoms with Crippen molar-refractivity contribution in [1.82, 2.24) is 10.6 Å². The van der Waals surface area contributed by atoms with Gasteiger partial charge in [-0.3, -0.25) is 0 Å². The first-order valence-electron chi connectivity index (χ1n) is 10.3. The number of primary sulfonamides is 1. The molecule has 4 N–H and O–H groups in total. The number of benzene rings is 2. The Morgan fingerprint density at radius 2 is 1.62 bits per heavy atom. The summed E-state index contributed by atoms with van der Waals surface area (Å²) in [5, 5.41) is 11.8. The highest BCUT2D eigenvalue weighted by Crippen LogP contribution is 2.12. The van der Waals surface area contributed by atoms with E-state index in [1.165, 1.54) is 12.1 Å². The number of hydrogen-bond acceptors (Lipinski definition) is 5. The summed E-state index contributed by atoms with van der Waals surface area (Å²) in [6.07, 6.45) is 1.60. The van der Waals surface area contributed by atoms with Crippen LogP contribution in [0.15, 0.2) is 58.4 Å². The average Bonchev–Trinajstić information content (AvgIpc) is 2.77. The van der Waals surface area contributed by atoms with Gasteiger partial charge in [0, 0.05) is 26.3 Å². The molecular weight excluding hydrogens is 543 g/mol. The van der Waals surface area contributed by atoms with Crippen molar-refractivity contribution in [3.8, 4) is 5.75 Å². The zero-order valence-electron chi connectivity index (χ0n) is 18.5. The van der Waals surface area contributed by atoms with E-state index in [0.29, 0.717) is 38.7 Å². The molecule has 0 aliphatic heterocycles. The summed E-state index contributed by atoms with van der Waals surface area (Å²) < 4.78 is 33.3. The van der Waals surface area contributed by atoms with Crippen molar-refractivity contribution in [3.05, 3.63) is 59.7 Å². The highest BCUT2D eigenvalue weighted by Gasteiger charge is 2.07. The van der Waals surface area contributed by atoms with Gasteiger partial charge in [0.15, 0.2) is 5.96 Å². The maximum absolute atomic E-state index is 11.4. The van der Waals surface area contributed by atoms with Gasteiger partial charge in [0.25, 0.3) is 0 Å². The lowest BCUT2D eigenvalue weighted by Gasteiger charge is -2.13. The Hall–Kier alpha value is -1.89. The number of sulfonamides is 1. The van der Waals surface area contributed by atoms with Crippen LogP contribution in [0.3, 0.4) is 0 Å². The van der Waals surface area contributed by atoms with E-state index in [4.69, 9.17) is 14.6 Å². The minimum Gasteiger partial charge on any atom is -0.497 e. The number of hydrogen-bond donors (Lipinski definition) is 3. The third kappa shape index (κ3) is 10.6. The number of ether oxygens (including phenoxy) is 2. The monoisotopic (exact) mass is 576 g/mol. The van der Waals surface area contributed by atoms with Crippen molar-refractivity contribution in [2.45, 2.75) is 31.2 Å². The molecule has 0 bridgehead atoms. The van der Waals surface area contributed by atoms with Gasteiger partial charge >= 0.3 is 0 Å². The molecule has 10 heteroatoms. The lowest BCUT2D eigenvalue weighted by Crippen LogP contribution is -2.39. The van der Waals surface area contributed by atoms with Crippen molar-refractivity contribution in [1.29, 1.82) is 0 Å². The van der Waals surface area contributed by atoms with Gasteiger partial charge in [0.1, 0.15) is 5.75 Å². The van der Waals surface area contributed by atoms with E-state index in [0.717, 1.165) is 29.8 Å². The first-order valence-corrected chi connectivity index (χ1v) is 11.8. The Balaban J connectivity index is 0.00000512. The second-order valence-electron chi connectivity index (χ2n) is 6.86. The fourth-order valence-electron chi connectivity index (χ4n) is 2.77. The zero-order chi connectivity index (χ0) is 22.5. The quantitative estimate of drug-likeness (QED) is 0.155. The van der Waals surface area contributed by atoms with Crippen LogP contribution in [0, 0.1) is 0 Å². The summed E-state index contributed by atoms with van der Waals surface area (Å²) in [4.78, 5) is 4.77. The normalized spacial score (nSPS) is 11.5. The van der Waals surface area contributed by atoms with Crippen molar-refractivity contribution >= 4 is 40.0 Å². The third-order valence-electron chi connectivity index (χ3n) is 4.50. The van der Waals surface area contributed by atoms with Gasteiger partial charge in [-0.1, -0.05) is 24.3 Å². The van der Waals surface area contributed by atoms with Crippen LogP contribution in [-0.4, -0.2) is 47.8 Å². The van der Waals surface area contributed by atoms with Crippen LogP contribution in [0.2, 0.25) is 0 Å². The van der Waals surface area contributed by atoms with E-state index < -0.39 is 10.0 Å². The average molecular weight is 577 g/mol. The van der Waals surface area contributed by atoms with Crippen LogP contribution >= 0.6 is 24.0 Å². The lowest BCUT2D eigenvalue weighted by molar-refractivity contribution is 0.145.